The highest BCUT2D eigenvalue weighted by atomic mass is 19.1. The Kier molecular flexibility index (Phi) is 5.52. The van der Waals surface area contributed by atoms with Gasteiger partial charge in [0.25, 0.3) is 0 Å². The Hall–Kier alpha value is -2.35. The van der Waals surface area contributed by atoms with Gasteiger partial charge in [-0.3, -0.25) is 10.1 Å². The van der Waals surface area contributed by atoms with Gasteiger partial charge in [-0.1, -0.05) is 0 Å². The number of aliphatic hydroxyl groups is 1. The molecule has 1 aliphatic carbocycles. The fourth-order valence-corrected chi connectivity index (χ4v) is 3.29. The van der Waals surface area contributed by atoms with Crippen molar-refractivity contribution in [3.8, 4) is 0 Å². The Morgan fingerprint density at radius 1 is 1.43 bits per heavy atom. The van der Waals surface area contributed by atoms with Crippen molar-refractivity contribution in [3.05, 3.63) is 23.5 Å². The molecular weight excluding hydrogens is 365 g/mol. The van der Waals surface area contributed by atoms with Crippen molar-refractivity contribution in [1.82, 2.24) is 5.32 Å². The summed E-state index contributed by atoms with van der Waals surface area (Å²) in [4.78, 5) is 25.7. The van der Waals surface area contributed by atoms with Crippen LogP contribution >= 0.6 is 0 Å². The van der Waals surface area contributed by atoms with Gasteiger partial charge in [0.1, 0.15) is 17.6 Å². The predicted molar refractivity (Wildman–Crippen MR) is 104 cm³/mol. The topological polar surface area (TPSA) is 90.9 Å². The highest BCUT2D eigenvalue weighted by Crippen LogP contribution is 2.36. The summed E-state index contributed by atoms with van der Waals surface area (Å²) in [6, 6.07) is 3.07. The maximum Gasteiger partial charge on any atom is 0.409 e. The van der Waals surface area contributed by atoms with Gasteiger partial charge in [-0.2, -0.15) is 0 Å². The highest BCUT2D eigenvalue weighted by Gasteiger charge is 2.34. The van der Waals surface area contributed by atoms with Crippen LogP contribution in [0.25, 0.3) is 0 Å². The lowest BCUT2D eigenvalue weighted by Crippen LogP contribution is -2.55. The first kappa shape index (κ1) is 20.4. The van der Waals surface area contributed by atoms with Crippen LogP contribution in [0.4, 0.5) is 20.6 Å². The Morgan fingerprint density at radius 3 is 2.68 bits per heavy atom. The molecular formula is C20H28FN3O4. The van der Waals surface area contributed by atoms with Gasteiger partial charge in [0.2, 0.25) is 5.91 Å². The lowest BCUT2D eigenvalue weighted by molar-refractivity contribution is -0.115. The van der Waals surface area contributed by atoms with Crippen molar-refractivity contribution in [1.29, 1.82) is 0 Å². The third-order valence-corrected chi connectivity index (χ3v) is 4.71. The van der Waals surface area contributed by atoms with E-state index in [0.29, 0.717) is 23.7 Å². The van der Waals surface area contributed by atoms with Gasteiger partial charge < -0.3 is 20.1 Å². The molecule has 1 aliphatic heterocycles. The van der Waals surface area contributed by atoms with E-state index in [-0.39, 0.29) is 18.0 Å². The first-order valence-electron chi connectivity index (χ1n) is 9.60. The van der Waals surface area contributed by atoms with Crippen molar-refractivity contribution in [2.75, 3.05) is 16.8 Å². The van der Waals surface area contributed by atoms with Crippen molar-refractivity contribution in [2.45, 2.75) is 64.8 Å². The Labute approximate surface area is 164 Å². The molecule has 2 atom stereocenters. The average Bonchev–Trinajstić information content (AvgIpc) is 3.28. The molecule has 0 bridgehead atoms. The maximum absolute atomic E-state index is 14.6. The number of hydrogen-bond acceptors (Lipinski definition) is 5. The number of fused-ring (bicyclic) bond motifs is 1. The standard InChI is InChI=1S/C20H28FN3O4/c1-11(25)18(23-19(27)28-20(2,3)4)24(10-12-5-6-12)14-7-13-8-16(26)22-17(13)15(21)9-14/h7,9,11-12,18,25H,5-6,8,10H2,1-4H3,(H,22,26)(H,23,27). The van der Waals surface area contributed by atoms with Crippen LogP contribution in [0, 0.1) is 11.7 Å². The molecule has 0 aromatic heterocycles. The third kappa shape index (κ3) is 4.92. The first-order valence-corrected chi connectivity index (χ1v) is 9.60. The second-order valence-electron chi connectivity index (χ2n) is 8.61. The second kappa shape index (κ2) is 7.58. The van der Waals surface area contributed by atoms with E-state index in [9.17, 15) is 19.1 Å². The zero-order valence-electron chi connectivity index (χ0n) is 16.7. The minimum atomic E-state index is -0.928. The SMILES string of the molecule is CC(O)C(NC(=O)OC(C)(C)C)N(CC1CC1)c1cc(F)c2c(c1)CC(=O)N2. The van der Waals surface area contributed by atoms with Crippen LogP contribution in [0.5, 0.6) is 0 Å². The number of benzene rings is 1. The number of carbonyl (C=O) groups is 2. The zero-order valence-corrected chi connectivity index (χ0v) is 16.7. The van der Waals surface area contributed by atoms with Crippen molar-refractivity contribution < 1.29 is 23.8 Å². The fourth-order valence-electron chi connectivity index (χ4n) is 3.29. The number of amides is 2. The number of aliphatic hydroxyl groups excluding tert-OH is 1. The third-order valence-electron chi connectivity index (χ3n) is 4.71. The molecule has 28 heavy (non-hydrogen) atoms. The molecule has 8 heteroatoms. The molecule has 154 valence electrons. The number of ether oxygens (including phenoxy) is 1. The summed E-state index contributed by atoms with van der Waals surface area (Å²) < 4.78 is 19.9. The molecule has 2 amide bonds. The summed E-state index contributed by atoms with van der Waals surface area (Å²) in [7, 11) is 0. The van der Waals surface area contributed by atoms with Gasteiger partial charge in [-0.05, 0) is 64.2 Å². The molecule has 3 N–H and O–H groups in total. The molecule has 1 heterocycles. The van der Waals surface area contributed by atoms with E-state index in [0.717, 1.165) is 12.8 Å². The molecule has 1 aromatic rings. The molecule has 1 saturated carbocycles. The molecule has 2 unspecified atom stereocenters. The van der Waals surface area contributed by atoms with Crippen LogP contribution in [-0.2, 0) is 16.0 Å². The Bertz CT molecular complexity index is 771. The number of halogens is 1. The summed E-state index contributed by atoms with van der Waals surface area (Å²) in [5.74, 6) is -0.364. The van der Waals surface area contributed by atoms with E-state index in [1.807, 2.05) is 0 Å². The predicted octanol–water partition coefficient (Wildman–Crippen LogP) is 2.77. The molecule has 0 saturated heterocycles. The van der Waals surface area contributed by atoms with E-state index >= 15 is 0 Å². The summed E-state index contributed by atoms with van der Waals surface area (Å²) in [5.41, 5.74) is 0.609. The van der Waals surface area contributed by atoms with E-state index in [2.05, 4.69) is 10.6 Å². The molecule has 1 aromatic carbocycles. The summed E-state index contributed by atoms with van der Waals surface area (Å²) in [5, 5.41) is 15.6. The number of alkyl carbamates (subject to hydrolysis) is 1. The fraction of sp³-hybridized carbons (Fsp3) is 0.600. The van der Waals surface area contributed by atoms with Gasteiger partial charge in [0.05, 0.1) is 18.2 Å². The monoisotopic (exact) mass is 393 g/mol. The normalized spacial score (nSPS) is 18.1. The van der Waals surface area contributed by atoms with Crippen LogP contribution in [0.2, 0.25) is 0 Å². The van der Waals surface area contributed by atoms with Crippen LogP contribution in [-0.4, -0.2) is 41.5 Å². The highest BCUT2D eigenvalue weighted by molar-refractivity contribution is 5.99. The number of carbonyl (C=O) groups excluding carboxylic acids is 2. The molecule has 1 fully saturated rings. The summed E-state index contributed by atoms with van der Waals surface area (Å²) in [6.07, 6.45) is -0.180. The lowest BCUT2D eigenvalue weighted by Gasteiger charge is -2.36. The van der Waals surface area contributed by atoms with E-state index < -0.39 is 29.8 Å². The smallest absolute Gasteiger partial charge is 0.409 e. The maximum atomic E-state index is 14.6. The number of nitrogens with zero attached hydrogens (tertiary/aromatic N) is 1. The van der Waals surface area contributed by atoms with Gasteiger partial charge in [0, 0.05) is 12.2 Å². The van der Waals surface area contributed by atoms with Crippen LogP contribution in [0.15, 0.2) is 12.1 Å². The van der Waals surface area contributed by atoms with Crippen molar-refractivity contribution in [2.24, 2.45) is 5.92 Å². The molecule has 3 rings (SSSR count). The quantitative estimate of drug-likeness (QED) is 0.647. The largest absolute Gasteiger partial charge is 0.444 e. The minimum Gasteiger partial charge on any atom is -0.444 e. The van der Waals surface area contributed by atoms with Crippen LogP contribution < -0.4 is 15.5 Å². The van der Waals surface area contributed by atoms with Crippen molar-refractivity contribution >= 4 is 23.4 Å². The average molecular weight is 393 g/mol. The first-order chi connectivity index (χ1) is 13.0. The van der Waals surface area contributed by atoms with E-state index in [1.165, 1.54) is 6.07 Å². The van der Waals surface area contributed by atoms with E-state index in [1.54, 1.807) is 38.7 Å². The Morgan fingerprint density at radius 2 is 2.11 bits per heavy atom. The minimum absolute atomic E-state index is 0.107. The number of rotatable bonds is 6. The van der Waals surface area contributed by atoms with Crippen molar-refractivity contribution in [3.63, 3.8) is 0 Å². The summed E-state index contributed by atoms with van der Waals surface area (Å²) in [6.45, 7) is 7.39. The zero-order chi connectivity index (χ0) is 20.6. The van der Waals surface area contributed by atoms with Gasteiger partial charge in [-0.15, -0.1) is 0 Å². The Balaban J connectivity index is 1.89. The van der Waals surface area contributed by atoms with Crippen LogP contribution in [0.3, 0.4) is 0 Å². The number of nitrogens with one attached hydrogen (secondary N) is 2. The molecule has 0 spiro atoms. The summed E-state index contributed by atoms with van der Waals surface area (Å²) >= 11 is 0. The molecule has 2 aliphatic rings. The number of anilines is 2. The van der Waals surface area contributed by atoms with Gasteiger partial charge in [0.15, 0.2) is 0 Å². The van der Waals surface area contributed by atoms with E-state index in [4.69, 9.17) is 4.74 Å². The number of hydrogen-bond donors (Lipinski definition) is 3. The molecule has 7 nitrogen and oxygen atoms in total. The lowest BCUT2D eigenvalue weighted by atomic mass is 10.1. The second-order valence-corrected chi connectivity index (χ2v) is 8.61. The van der Waals surface area contributed by atoms with Gasteiger partial charge >= 0.3 is 6.09 Å². The molecule has 0 radical (unpaired) electrons. The van der Waals surface area contributed by atoms with Crippen LogP contribution in [0.1, 0.15) is 46.1 Å². The van der Waals surface area contributed by atoms with Gasteiger partial charge in [-0.25, -0.2) is 9.18 Å².